The minimum atomic E-state index is -0.377. The number of urea groups is 1. The van der Waals surface area contributed by atoms with Crippen molar-refractivity contribution in [2.75, 3.05) is 10.6 Å². The molecule has 2 N–H and O–H groups in total. The van der Waals surface area contributed by atoms with Gasteiger partial charge in [-0.25, -0.2) is 24.4 Å². The monoisotopic (exact) mass is 295 g/mol. The molecule has 0 aliphatic carbocycles. The molecule has 1 aromatic carbocycles. The molecule has 110 valence electrons. The van der Waals surface area contributed by atoms with Gasteiger partial charge >= 0.3 is 6.03 Å². The Morgan fingerprint density at radius 2 is 2.00 bits per heavy atom. The van der Waals surface area contributed by atoms with E-state index in [0.29, 0.717) is 11.6 Å². The van der Waals surface area contributed by atoms with Crippen LogP contribution in [0.1, 0.15) is 5.56 Å². The van der Waals surface area contributed by atoms with Crippen LogP contribution in [0, 0.1) is 6.92 Å². The predicted octanol–water partition coefficient (Wildman–Crippen LogP) is 2.01. The normalized spacial score (nSPS) is 10.2. The van der Waals surface area contributed by atoms with Crippen LogP contribution in [0.25, 0.3) is 5.82 Å². The van der Waals surface area contributed by atoms with Crippen molar-refractivity contribution in [1.82, 2.24) is 24.7 Å². The summed E-state index contributed by atoms with van der Waals surface area (Å²) in [6.07, 6.45) is 4.26. The first-order valence-corrected chi connectivity index (χ1v) is 6.53. The molecule has 0 saturated heterocycles. The lowest BCUT2D eigenvalue weighted by Gasteiger charge is -2.09. The summed E-state index contributed by atoms with van der Waals surface area (Å²) in [6, 6.07) is 8.74. The number of hydrogen-bond acceptors (Lipinski definition) is 5. The van der Waals surface area contributed by atoms with Crippen molar-refractivity contribution in [3.63, 3.8) is 0 Å². The molecule has 0 saturated carbocycles. The highest BCUT2D eigenvalue weighted by Crippen LogP contribution is 2.14. The highest BCUT2D eigenvalue weighted by molar-refractivity contribution is 5.99. The molecule has 0 fully saturated rings. The molecular formula is C14H13N7O. The molecule has 2 heterocycles. The highest BCUT2D eigenvalue weighted by Gasteiger charge is 2.07. The van der Waals surface area contributed by atoms with Crippen molar-refractivity contribution in [2.45, 2.75) is 6.92 Å². The number of anilines is 2. The summed E-state index contributed by atoms with van der Waals surface area (Å²) in [7, 11) is 0. The SMILES string of the molecule is Cc1ccccc1NC(=O)Nc1cc(-n2cncn2)ncn1. The maximum atomic E-state index is 12.0. The summed E-state index contributed by atoms with van der Waals surface area (Å²) < 4.78 is 1.48. The first-order valence-electron chi connectivity index (χ1n) is 6.53. The molecule has 22 heavy (non-hydrogen) atoms. The van der Waals surface area contributed by atoms with Crippen LogP contribution in [0.2, 0.25) is 0 Å². The van der Waals surface area contributed by atoms with Gasteiger partial charge in [0.2, 0.25) is 0 Å². The number of para-hydroxylation sites is 1. The topological polar surface area (TPSA) is 97.6 Å². The van der Waals surface area contributed by atoms with E-state index in [1.54, 1.807) is 6.07 Å². The van der Waals surface area contributed by atoms with E-state index < -0.39 is 0 Å². The second kappa shape index (κ2) is 6.00. The number of carbonyl (C=O) groups excluding carboxylic acids is 1. The van der Waals surface area contributed by atoms with Crippen LogP contribution in [-0.4, -0.2) is 30.8 Å². The Morgan fingerprint density at radius 3 is 2.77 bits per heavy atom. The molecule has 0 bridgehead atoms. The fourth-order valence-corrected chi connectivity index (χ4v) is 1.85. The Labute approximate surface area is 126 Å². The lowest BCUT2D eigenvalue weighted by atomic mass is 10.2. The Bertz CT molecular complexity index is 785. The van der Waals surface area contributed by atoms with E-state index in [-0.39, 0.29) is 6.03 Å². The summed E-state index contributed by atoms with van der Waals surface area (Å²) >= 11 is 0. The van der Waals surface area contributed by atoms with Gasteiger partial charge in [0.1, 0.15) is 24.8 Å². The van der Waals surface area contributed by atoms with Gasteiger partial charge in [-0.1, -0.05) is 18.2 Å². The van der Waals surface area contributed by atoms with Crippen LogP contribution in [-0.2, 0) is 0 Å². The third-order valence-corrected chi connectivity index (χ3v) is 2.94. The number of benzene rings is 1. The Morgan fingerprint density at radius 1 is 1.14 bits per heavy atom. The molecule has 0 spiro atoms. The number of nitrogens with zero attached hydrogens (tertiary/aromatic N) is 5. The van der Waals surface area contributed by atoms with Crippen molar-refractivity contribution < 1.29 is 4.79 Å². The van der Waals surface area contributed by atoms with Gasteiger partial charge in [0.15, 0.2) is 5.82 Å². The van der Waals surface area contributed by atoms with E-state index >= 15 is 0 Å². The third kappa shape index (κ3) is 3.06. The number of hydrogen-bond donors (Lipinski definition) is 2. The minimum absolute atomic E-state index is 0.367. The number of amides is 2. The van der Waals surface area contributed by atoms with Gasteiger partial charge in [-0.15, -0.1) is 0 Å². The Kier molecular flexibility index (Phi) is 3.73. The quantitative estimate of drug-likeness (QED) is 0.770. The molecule has 2 amide bonds. The van der Waals surface area contributed by atoms with E-state index in [4.69, 9.17) is 0 Å². The fraction of sp³-hybridized carbons (Fsp3) is 0.0714. The van der Waals surface area contributed by atoms with Crippen LogP contribution in [0.15, 0.2) is 49.3 Å². The predicted molar refractivity (Wildman–Crippen MR) is 80.8 cm³/mol. The molecule has 2 aromatic heterocycles. The van der Waals surface area contributed by atoms with Crippen molar-refractivity contribution in [3.05, 3.63) is 54.9 Å². The van der Waals surface area contributed by atoms with E-state index in [0.717, 1.165) is 11.3 Å². The van der Waals surface area contributed by atoms with Crippen LogP contribution in [0.5, 0.6) is 0 Å². The molecule has 8 heteroatoms. The minimum Gasteiger partial charge on any atom is -0.307 e. The molecule has 0 radical (unpaired) electrons. The number of carbonyl (C=O) groups is 1. The first kappa shape index (κ1) is 13.7. The lowest BCUT2D eigenvalue weighted by molar-refractivity contribution is 0.262. The van der Waals surface area contributed by atoms with Crippen molar-refractivity contribution in [1.29, 1.82) is 0 Å². The molecule has 0 unspecified atom stereocenters. The number of nitrogens with one attached hydrogen (secondary N) is 2. The van der Waals surface area contributed by atoms with Gasteiger partial charge in [0.25, 0.3) is 0 Å². The summed E-state index contributed by atoms with van der Waals surface area (Å²) in [4.78, 5) is 23.9. The summed E-state index contributed by atoms with van der Waals surface area (Å²) in [5.41, 5.74) is 1.72. The largest absolute Gasteiger partial charge is 0.324 e. The molecular weight excluding hydrogens is 282 g/mol. The molecule has 3 aromatic rings. The molecule has 0 atom stereocenters. The van der Waals surface area contributed by atoms with Gasteiger partial charge in [-0.3, -0.25) is 5.32 Å². The lowest BCUT2D eigenvalue weighted by Crippen LogP contribution is -2.20. The Hall–Kier alpha value is -3.29. The van der Waals surface area contributed by atoms with Crippen LogP contribution < -0.4 is 10.6 Å². The summed E-state index contributed by atoms with van der Waals surface area (Å²) in [5, 5.41) is 9.40. The standard InChI is InChI=1S/C14H13N7O/c1-10-4-2-3-5-11(10)19-14(22)20-12-6-13(17-8-16-12)21-9-15-7-18-21/h2-9H,1H3,(H2,16,17,19,20,22). The summed E-state index contributed by atoms with van der Waals surface area (Å²) in [6.45, 7) is 1.92. The second-order valence-electron chi connectivity index (χ2n) is 4.50. The van der Waals surface area contributed by atoms with Crippen LogP contribution in [0.3, 0.4) is 0 Å². The summed E-state index contributed by atoms with van der Waals surface area (Å²) in [5.74, 6) is 0.880. The van der Waals surface area contributed by atoms with E-state index in [9.17, 15) is 4.79 Å². The fourth-order valence-electron chi connectivity index (χ4n) is 1.85. The van der Waals surface area contributed by atoms with Crippen molar-refractivity contribution in [2.24, 2.45) is 0 Å². The van der Waals surface area contributed by atoms with E-state index in [1.165, 1.54) is 23.7 Å². The maximum absolute atomic E-state index is 12.0. The second-order valence-corrected chi connectivity index (χ2v) is 4.50. The zero-order chi connectivity index (χ0) is 15.4. The van der Waals surface area contributed by atoms with Crippen LogP contribution in [0.4, 0.5) is 16.3 Å². The highest BCUT2D eigenvalue weighted by atomic mass is 16.2. The average Bonchev–Trinajstić information content (AvgIpc) is 3.04. The smallest absolute Gasteiger partial charge is 0.307 e. The zero-order valence-electron chi connectivity index (χ0n) is 11.8. The van der Waals surface area contributed by atoms with Crippen LogP contribution >= 0.6 is 0 Å². The third-order valence-electron chi connectivity index (χ3n) is 2.94. The number of aryl methyl sites for hydroxylation is 1. The van der Waals surface area contributed by atoms with Gasteiger partial charge in [0.05, 0.1) is 0 Å². The van der Waals surface area contributed by atoms with Crippen molar-refractivity contribution in [3.8, 4) is 5.82 Å². The molecule has 0 aliphatic rings. The number of aromatic nitrogens is 5. The van der Waals surface area contributed by atoms with Gasteiger partial charge in [-0.05, 0) is 18.6 Å². The molecule has 8 nitrogen and oxygen atoms in total. The Balaban J connectivity index is 1.72. The van der Waals surface area contributed by atoms with E-state index in [1.807, 2.05) is 31.2 Å². The van der Waals surface area contributed by atoms with Crippen molar-refractivity contribution >= 4 is 17.5 Å². The number of rotatable bonds is 3. The maximum Gasteiger partial charge on any atom is 0.324 e. The molecule has 0 aliphatic heterocycles. The molecule has 3 rings (SSSR count). The first-order chi connectivity index (χ1) is 10.7. The van der Waals surface area contributed by atoms with E-state index in [2.05, 4.69) is 30.7 Å². The van der Waals surface area contributed by atoms with Gasteiger partial charge in [-0.2, -0.15) is 5.10 Å². The van der Waals surface area contributed by atoms with Gasteiger partial charge in [0, 0.05) is 11.8 Å². The van der Waals surface area contributed by atoms with Gasteiger partial charge < -0.3 is 5.32 Å². The zero-order valence-corrected chi connectivity index (χ0v) is 11.8. The average molecular weight is 295 g/mol.